The molecule has 33 heavy (non-hydrogen) atoms. The second kappa shape index (κ2) is 10.1. The van der Waals surface area contributed by atoms with Crippen LogP contribution in [0.4, 0.5) is 0 Å². The van der Waals surface area contributed by atoms with Crippen LogP contribution in [0.2, 0.25) is 0 Å². The van der Waals surface area contributed by atoms with E-state index in [1.165, 1.54) is 11.2 Å². The first-order valence-corrected chi connectivity index (χ1v) is 12.3. The van der Waals surface area contributed by atoms with Crippen molar-refractivity contribution < 1.29 is 27.8 Å². The van der Waals surface area contributed by atoms with E-state index in [1.54, 1.807) is 44.2 Å². The maximum Gasteiger partial charge on any atom is 0.247 e. The molecule has 0 saturated carbocycles. The van der Waals surface area contributed by atoms with Crippen LogP contribution in [0.5, 0.6) is 11.5 Å². The largest absolute Gasteiger partial charge is 0.497 e. The molecule has 0 aromatic heterocycles. The molecule has 0 fully saturated rings. The lowest BCUT2D eigenvalue weighted by Gasteiger charge is -2.37. The van der Waals surface area contributed by atoms with Gasteiger partial charge in [-0.15, -0.1) is 0 Å². The van der Waals surface area contributed by atoms with E-state index >= 15 is 0 Å². The molecular formula is C24H32N2O6S. The molecule has 2 aromatic carbocycles. The van der Waals surface area contributed by atoms with E-state index < -0.39 is 22.2 Å². The molecule has 3 atom stereocenters. The van der Waals surface area contributed by atoms with Gasteiger partial charge in [0.25, 0.3) is 0 Å². The van der Waals surface area contributed by atoms with E-state index in [4.69, 9.17) is 9.47 Å². The van der Waals surface area contributed by atoms with Crippen molar-refractivity contribution in [1.29, 1.82) is 0 Å². The van der Waals surface area contributed by atoms with Crippen molar-refractivity contribution in [2.75, 3.05) is 33.9 Å². The fourth-order valence-corrected chi connectivity index (χ4v) is 5.63. The third kappa shape index (κ3) is 5.31. The molecule has 8 nitrogen and oxygen atoms in total. The van der Waals surface area contributed by atoms with Crippen molar-refractivity contribution in [3.05, 3.63) is 42.5 Å². The van der Waals surface area contributed by atoms with Crippen LogP contribution >= 0.6 is 0 Å². The van der Waals surface area contributed by atoms with E-state index in [-0.39, 0.29) is 35.6 Å². The summed E-state index contributed by atoms with van der Waals surface area (Å²) >= 11 is 0. The van der Waals surface area contributed by atoms with Crippen LogP contribution in [0.15, 0.2) is 47.4 Å². The van der Waals surface area contributed by atoms with Gasteiger partial charge < -0.3 is 19.5 Å². The molecule has 0 bridgehead atoms. The molecule has 0 radical (unpaired) electrons. The molecule has 0 unspecified atom stereocenters. The Bertz CT molecular complexity index is 1090. The molecule has 1 heterocycles. The molecular weight excluding hydrogens is 444 g/mol. The lowest BCUT2D eigenvalue weighted by Crippen LogP contribution is -2.50. The summed E-state index contributed by atoms with van der Waals surface area (Å²) in [5.41, 5.74) is 1.67. The topological polar surface area (TPSA) is 96.4 Å². The summed E-state index contributed by atoms with van der Waals surface area (Å²) in [6.45, 7) is 5.22. The number of amides is 1. The average Bonchev–Trinajstić information content (AvgIpc) is 2.80. The zero-order valence-electron chi connectivity index (χ0n) is 19.7. The summed E-state index contributed by atoms with van der Waals surface area (Å²) < 4.78 is 39.9. The summed E-state index contributed by atoms with van der Waals surface area (Å²) in [5, 5.41) is 9.73. The molecule has 0 aliphatic carbocycles. The number of aliphatic hydroxyl groups is 1. The summed E-state index contributed by atoms with van der Waals surface area (Å²) in [7, 11) is -0.631. The minimum Gasteiger partial charge on any atom is -0.497 e. The molecule has 1 aliphatic heterocycles. The fourth-order valence-electron chi connectivity index (χ4n) is 3.80. The van der Waals surface area contributed by atoms with Gasteiger partial charge in [0.05, 0.1) is 20.3 Å². The smallest absolute Gasteiger partial charge is 0.247 e. The Morgan fingerprint density at radius 2 is 1.88 bits per heavy atom. The Labute approximate surface area is 195 Å². The third-order valence-corrected chi connectivity index (χ3v) is 8.10. The highest BCUT2D eigenvalue weighted by molar-refractivity contribution is 7.89. The number of nitrogens with zero attached hydrogens (tertiary/aromatic N) is 2. The Balaban J connectivity index is 2.12. The lowest BCUT2D eigenvalue weighted by molar-refractivity contribution is -0.129. The van der Waals surface area contributed by atoms with Crippen LogP contribution in [0.25, 0.3) is 11.1 Å². The normalized spacial score (nSPS) is 21.2. The van der Waals surface area contributed by atoms with Gasteiger partial charge in [-0.05, 0) is 42.3 Å². The zero-order valence-corrected chi connectivity index (χ0v) is 20.5. The number of ether oxygens (including phenoxy) is 2. The van der Waals surface area contributed by atoms with Gasteiger partial charge in [0.2, 0.25) is 15.9 Å². The van der Waals surface area contributed by atoms with Gasteiger partial charge in [-0.2, -0.15) is 4.31 Å². The van der Waals surface area contributed by atoms with Crippen molar-refractivity contribution >= 4 is 15.9 Å². The van der Waals surface area contributed by atoms with E-state index in [0.29, 0.717) is 6.54 Å². The fraction of sp³-hybridized carbons (Fsp3) is 0.458. The number of rotatable bonds is 6. The first kappa shape index (κ1) is 25.0. The van der Waals surface area contributed by atoms with Crippen molar-refractivity contribution in [3.63, 3.8) is 0 Å². The SMILES string of the molecule is COc1ccc(-c2ccc3c(c2)O[C@H](CN(C)C(C)=O)[C@@H](C)CN([C@@H](C)CO)S3(=O)=O)cc1. The molecule has 9 heteroatoms. The van der Waals surface area contributed by atoms with Gasteiger partial charge in [-0.3, -0.25) is 4.79 Å². The Morgan fingerprint density at radius 1 is 1.24 bits per heavy atom. The quantitative estimate of drug-likeness (QED) is 0.689. The number of fused-ring (bicyclic) bond motifs is 1. The van der Waals surface area contributed by atoms with E-state index in [9.17, 15) is 18.3 Å². The number of sulfonamides is 1. The van der Waals surface area contributed by atoms with Gasteiger partial charge in [0.15, 0.2) is 0 Å². The van der Waals surface area contributed by atoms with E-state index in [0.717, 1.165) is 16.9 Å². The first-order valence-electron chi connectivity index (χ1n) is 10.9. The Morgan fingerprint density at radius 3 is 2.45 bits per heavy atom. The molecule has 0 spiro atoms. The first-order chi connectivity index (χ1) is 15.6. The van der Waals surface area contributed by atoms with Gasteiger partial charge >= 0.3 is 0 Å². The highest BCUT2D eigenvalue weighted by Gasteiger charge is 2.38. The van der Waals surface area contributed by atoms with Gasteiger partial charge in [0, 0.05) is 32.5 Å². The molecule has 1 aliphatic rings. The van der Waals surface area contributed by atoms with Crippen LogP contribution in [-0.2, 0) is 14.8 Å². The number of carbonyl (C=O) groups is 1. The molecule has 180 valence electrons. The minimum atomic E-state index is -3.92. The maximum atomic E-state index is 13.5. The molecule has 3 rings (SSSR count). The summed E-state index contributed by atoms with van der Waals surface area (Å²) in [4.78, 5) is 13.5. The van der Waals surface area contributed by atoms with Crippen molar-refractivity contribution in [2.45, 2.75) is 37.8 Å². The third-order valence-electron chi connectivity index (χ3n) is 6.08. The molecule has 1 amide bonds. The second-order valence-electron chi connectivity index (χ2n) is 8.53. The second-order valence-corrected chi connectivity index (χ2v) is 10.4. The van der Waals surface area contributed by atoms with Crippen molar-refractivity contribution in [2.24, 2.45) is 5.92 Å². The predicted octanol–water partition coefficient (Wildman–Crippen LogP) is 2.61. The van der Waals surface area contributed by atoms with Gasteiger partial charge in [-0.1, -0.05) is 25.1 Å². The minimum absolute atomic E-state index is 0.0439. The molecule has 2 aromatic rings. The summed E-state index contributed by atoms with van der Waals surface area (Å²) in [5.74, 6) is 0.618. The Kier molecular flexibility index (Phi) is 7.66. The number of benzene rings is 2. The molecule has 0 saturated heterocycles. The number of methoxy groups -OCH3 is 1. The number of likely N-dealkylation sites (N-methyl/N-ethyl adjacent to an activating group) is 1. The van der Waals surface area contributed by atoms with Crippen LogP contribution in [-0.4, -0.2) is 74.6 Å². The van der Waals surface area contributed by atoms with Crippen molar-refractivity contribution in [1.82, 2.24) is 9.21 Å². The van der Waals surface area contributed by atoms with Crippen molar-refractivity contribution in [3.8, 4) is 22.6 Å². The highest BCUT2D eigenvalue weighted by atomic mass is 32.2. The highest BCUT2D eigenvalue weighted by Crippen LogP contribution is 2.36. The maximum absolute atomic E-state index is 13.5. The Hall–Kier alpha value is -2.62. The van der Waals surface area contributed by atoms with Gasteiger partial charge in [-0.25, -0.2) is 8.42 Å². The van der Waals surface area contributed by atoms with Gasteiger partial charge in [0.1, 0.15) is 22.5 Å². The average molecular weight is 477 g/mol. The number of hydrogen-bond donors (Lipinski definition) is 1. The van der Waals surface area contributed by atoms with Crippen LogP contribution in [0.1, 0.15) is 20.8 Å². The van der Waals surface area contributed by atoms with Crippen LogP contribution in [0, 0.1) is 5.92 Å². The zero-order chi connectivity index (χ0) is 24.3. The standard InChI is InChI=1S/C24H32N2O6S/c1-16-13-26(17(2)15-27)33(29,30)24-11-8-20(19-6-9-21(31-5)10-7-19)12-22(24)32-23(16)14-25(4)18(3)28/h6-12,16-17,23,27H,13-15H2,1-5H3/t16-,17-,23+/m0/s1. The van der Waals surface area contributed by atoms with E-state index in [1.807, 2.05) is 31.2 Å². The number of carbonyl (C=O) groups excluding carboxylic acids is 1. The number of hydrogen-bond acceptors (Lipinski definition) is 6. The predicted molar refractivity (Wildman–Crippen MR) is 126 cm³/mol. The number of aliphatic hydroxyl groups excluding tert-OH is 1. The lowest BCUT2D eigenvalue weighted by atomic mass is 10.0. The monoisotopic (exact) mass is 476 g/mol. The molecule has 1 N–H and O–H groups in total. The summed E-state index contributed by atoms with van der Waals surface area (Å²) in [6, 6.07) is 11.9. The van der Waals surface area contributed by atoms with Crippen LogP contribution in [0.3, 0.4) is 0 Å². The van der Waals surface area contributed by atoms with E-state index in [2.05, 4.69) is 0 Å². The summed E-state index contributed by atoms with van der Waals surface area (Å²) in [6.07, 6.45) is -0.437. The van der Waals surface area contributed by atoms with Crippen LogP contribution < -0.4 is 9.47 Å².